The molecule has 0 aromatic heterocycles. The average Bonchev–Trinajstić information content (AvgIpc) is 3.37. The van der Waals surface area contributed by atoms with Crippen molar-refractivity contribution in [3.05, 3.63) is 42.5 Å². The molecule has 5 nitrogen and oxygen atoms in total. The zero-order valence-electron chi connectivity index (χ0n) is 26.7. The Morgan fingerprint density at radius 1 is 0.952 bits per heavy atom. The molecule has 1 saturated heterocycles. The molecule has 1 aliphatic heterocycles. The topological polar surface area (TPSA) is 81.0 Å². The molecule has 8 unspecified atom stereocenters. The summed E-state index contributed by atoms with van der Waals surface area (Å²) in [5.41, 5.74) is 0.780. The second kappa shape index (κ2) is 11.5. The monoisotopic (exact) mass is 597 g/mol. The third-order valence-corrected chi connectivity index (χ3v) is 14.9. The molecule has 5 fully saturated rings. The lowest BCUT2D eigenvalue weighted by atomic mass is 9.34. The van der Waals surface area contributed by atoms with Crippen LogP contribution in [0.4, 0.5) is 0 Å². The maximum atomic E-state index is 12.2. The van der Waals surface area contributed by atoms with E-state index in [4.69, 9.17) is 5.11 Å². The van der Waals surface area contributed by atoms with E-state index in [2.05, 4.69) is 31.7 Å². The summed E-state index contributed by atoms with van der Waals surface area (Å²) in [6.45, 7) is 16.3. The zero-order chi connectivity index (χ0) is 30.6. The van der Waals surface area contributed by atoms with Gasteiger partial charge in [0.1, 0.15) is 5.72 Å². The number of fused-ring (bicyclic) bond motifs is 7. The Morgan fingerprint density at radius 3 is 2.29 bits per heavy atom. The molecule has 0 spiro atoms. The summed E-state index contributed by atoms with van der Waals surface area (Å²) in [7, 11) is 0. The summed E-state index contributed by atoms with van der Waals surface area (Å²) in [6, 6.07) is 7.77. The summed E-state index contributed by atoms with van der Waals surface area (Å²) in [4.78, 5) is 12.1. The number of benzene rings is 1. The number of allylic oxidation sites excluding steroid dienone is 1. The summed E-state index contributed by atoms with van der Waals surface area (Å²) in [6.07, 6.45) is 13.9. The molecule has 5 aliphatic rings. The van der Waals surface area contributed by atoms with Gasteiger partial charge in [-0.05, 0) is 141 Å². The lowest BCUT2D eigenvalue weighted by Gasteiger charge is -2.72. The Bertz CT molecular complexity index is 1150. The van der Waals surface area contributed by atoms with Crippen molar-refractivity contribution in [2.24, 2.45) is 45.3 Å². The van der Waals surface area contributed by atoms with Crippen LogP contribution in [0.25, 0.3) is 0 Å². The van der Waals surface area contributed by atoms with Crippen molar-refractivity contribution in [3.8, 4) is 0 Å². The van der Waals surface area contributed by atoms with E-state index in [0.29, 0.717) is 23.9 Å². The van der Waals surface area contributed by atoms with Gasteiger partial charge in [0.25, 0.3) is 0 Å². The van der Waals surface area contributed by atoms with Crippen molar-refractivity contribution in [1.29, 1.82) is 0 Å². The smallest absolute Gasteiger partial charge is 0.307 e. The number of aliphatic hydroxyl groups excluding tert-OH is 1. The number of carbonyl (C=O) groups is 1. The number of rotatable bonds is 5. The molecule has 4 aliphatic carbocycles. The van der Waals surface area contributed by atoms with E-state index in [9.17, 15) is 15.0 Å². The SMILES string of the molecule is C=CC.CC12CCN(Sc3ccc(CC(=O)O)cc3)C(C)(O)C1CCC1(C)C2CCC2C3CCCC3(CO)CC[C@]21C. The van der Waals surface area contributed by atoms with Crippen LogP contribution in [-0.4, -0.2) is 44.5 Å². The Kier molecular flexibility index (Phi) is 8.81. The molecule has 0 bridgehead atoms. The van der Waals surface area contributed by atoms with Crippen LogP contribution in [0.1, 0.15) is 104 Å². The van der Waals surface area contributed by atoms with Gasteiger partial charge >= 0.3 is 5.97 Å². The standard InChI is InChI=1S/C33H49NO4S.C3H6/c1-29-18-19-34(39-23-9-7-22(8-10-23)20-28(36)37)32(4,38)27(29)13-15-31(3)26(29)12-11-24-25-6-5-14-33(25,21-35)17-16-30(24,31)2;1-3-2/h7-10,24-27,35,38H,5-6,11-21H2,1-4H3,(H,36,37);3H,1H2,2H3/t24?,25?,26?,27?,29?,30-,31?,32?,33?;/m1./s1. The second-order valence-electron chi connectivity index (χ2n) is 15.3. The van der Waals surface area contributed by atoms with Crippen molar-refractivity contribution < 1.29 is 20.1 Å². The third kappa shape index (κ3) is 4.91. The van der Waals surface area contributed by atoms with E-state index >= 15 is 0 Å². The van der Waals surface area contributed by atoms with Gasteiger partial charge < -0.3 is 15.3 Å². The van der Waals surface area contributed by atoms with Crippen LogP contribution in [0.15, 0.2) is 41.8 Å². The lowest BCUT2D eigenvalue weighted by Crippen LogP contribution is -2.69. The number of hydrogen-bond acceptors (Lipinski definition) is 5. The van der Waals surface area contributed by atoms with Crippen molar-refractivity contribution in [2.45, 2.75) is 116 Å². The van der Waals surface area contributed by atoms with E-state index in [1.807, 2.05) is 38.1 Å². The quantitative estimate of drug-likeness (QED) is 0.236. The van der Waals surface area contributed by atoms with E-state index in [1.54, 1.807) is 18.0 Å². The fourth-order valence-electron chi connectivity index (χ4n) is 11.4. The maximum absolute atomic E-state index is 12.2. The Labute approximate surface area is 258 Å². The van der Waals surface area contributed by atoms with Crippen LogP contribution in [-0.2, 0) is 11.2 Å². The number of carboxylic acid groups (broad SMARTS) is 1. The molecule has 9 atom stereocenters. The normalized spacial score (nSPS) is 44.5. The van der Waals surface area contributed by atoms with Gasteiger partial charge in [-0.3, -0.25) is 4.79 Å². The molecule has 1 aromatic carbocycles. The molecular weight excluding hydrogens is 542 g/mol. The van der Waals surface area contributed by atoms with Gasteiger partial charge in [-0.1, -0.05) is 45.4 Å². The Balaban J connectivity index is 0.00000113. The minimum absolute atomic E-state index is 0.0362. The molecule has 0 radical (unpaired) electrons. The number of nitrogens with zero attached hydrogens (tertiary/aromatic N) is 1. The van der Waals surface area contributed by atoms with Crippen LogP contribution in [0.5, 0.6) is 0 Å². The number of aliphatic hydroxyl groups is 2. The van der Waals surface area contributed by atoms with Gasteiger partial charge in [-0.15, -0.1) is 6.58 Å². The van der Waals surface area contributed by atoms with Crippen LogP contribution in [0.2, 0.25) is 0 Å². The van der Waals surface area contributed by atoms with Crippen molar-refractivity contribution in [2.75, 3.05) is 13.2 Å². The molecule has 6 rings (SSSR count). The summed E-state index contributed by atoms with van der Waals surface area (Å²) >= 11 is 1.62. The summed E-state index contributed by atoms with van der Waals surface area (Å²) in [5.74, 6) is 1.43. The molecular formula is C36H55NO4S. The molecule has 42 heavy (non-hydrogen) atoms. The van der Waals surface area contributed by atoms with Gasteiger partial charge in [0.15, 0.2) is 0 Å². The first-order valence-corrected chi connectivity index (χ1v) is 17.3. The minimum atomic E-state index is -0.902. The van der Waals surface area contributed by atoms with Gasteiger partial charge in [-0.25, -0.2) is 4.31 Å². The molecule has 4 saturated carbocycles. The first-order valence-electron chi connectivity index (χ1n) is 16.5. The van der Waals surface area contributed by atoms with Gasteiger partial charge in [0.05, 0.1) is 6.42 Å². The lowest BCUT2D eigenvalue weighted by molar-refractivity contribution is -0.264. The molecule has 1 heterocycles. The van der Waals surface area contributed by atoms with Crippen molar-refractivity contribution in [3.63, 3.8) is 0 Å². The van der Waals surface area contributed by atoms with E-state index in [-0.39, 0.29) is 28.6 Å². The zero-order valence-corrected chi connectivity index (χ0v) is 27.5. The average molecular weight is 598 g/mol. The molecule has 1 aromatic rings. The maximum Gasteiger partial charge on any atom is 0.307 e. The highest BCUT2D eigenvalue weighted by molar-refractivity contribution is 7.97. The molecule has 234 valence electrons. The first-order chi connectivity index (χ1) is 19.8. The molecule has 3 N–H and O–H groups in total. The van der Waals surface area contributed by atoms with Crippen LogP contribution >= 0.6 is 11.9 Å². The first kappa shape index (κ1) is 32.1. The van der Waals surface area contributed by atoms with E-state index < -0.39 is 11.7 Å². The molecule has 6 heteroatoms. The minimum Gasteiger partial charge on any atom is -0.481 e. The predicted molar refractivity (Wildman–Crippen MR) is 171 cm³/mol. The number of hydrogen-bond donors (Lipinski definition) is 3. The predicted octanol–water partition coefficient (Wildman–Crippen LogP) is 7.96. The summed E-state index contributed by atoms with van der Waals surface area (Å²) in [5, 5.41) is 31.8. The highest BCUT2D eigenvalue weighted by Crippen LogP contribution is 2.76. The fraction of sp³-hybridized carbons (Fsp3) is 0.750. The van der Waals surface area contributed by atoms with Crippen molar-refractivity contribution in [1.82, 2.24) is 4.31 Å². The number of aliphatic carboxylic acids is 1. The van der Waals surface area contributed by atoms with Gasteiger partial charge in [0, 0.05) is 24.0 Å². The van der Waals surface area contributed by atoms with Gasteiger partial charge in [-0.2, -0.15) is 0 Å². The number of carboxylic acids is 1. The number of piperidine rings is 1. The van der Waals surface area contributed by atoms with E-state index in [0.717, 1.165) is 35.8 Å². The highest BCUT2D eigenvalue weighted by atomic mass is 32.2. The largest absolute Gasteiger partial charge is 0.481 e. The Morgan fingerprint density at radius 2 is 1.64 bits per heavy atom. The third-order valence-electron chi connectivity index (χ3n) is 13.6. The van der Waals surface area contributed by atoms with Crippen LogP contribution in [0.3, 0.4) is 0 Å². The van der Waals surface area contributed by atoms with Crippen LogP contribution in [0, 0.1) is 45.3 Å². The van der Waals surface area contributed by atoms with E-state index in [1.165, 1.54) is 51.4 Å². The van der Waals surface area contributed by atoms with Gasteiger partial charge in [0.2, 0.25) is 0 Å². The molecule has 0 amide bonds. The van der Waals surface area contributed by atoms with Crippen molar-refractivity contribution >= 4 is 17.9 Å². The fourth-order valence-corrected chi connectivity index (χ4v) is 12.4. The Hall–Kier alpha value is -1.34. The highest BCUT2D eigenvalue weighted by Gasteiger charge is 2.70. The summed E-state index contributed by atoms with van der Waals surface area (Å²) < 4.78 is 2.20. The van der Waals surface area contributed by atoms with Crippen LogP contribution < -0.4 is 0 Å². The second-order valence-corrected chi connectivity index (χ2v) is 16.4.